The Kier molecular flexibility index (Phi) is 3.31. The molecule has 74 valence electrons. The first-order chi connectivity index (χ1) is 6.51. The zero-order valence-electron chi connectivity index (χ0n) is 9.09. The highest BCUT2D eigenvalue weighted by molar-refractivity contribution is 6.83. The van der Waals surface area contributed by atoms with E-state index in [-0.39, 0.29) is 0 Å². The molecule has 1 heterocycles. The minimum absolute atomic E-state index is 0.767. The van der Waals surface area contributed by atoms with Crippen LogP contribution in [0.15, 0.2) is 18.3 Å². The van der Waals surface area contributed by atoms with Crippen molar-refractivity contribution in [2.45, 2.75) is 19.6 Å². The van der Waals surface area contributed by atoms with E-state index in [0.717, 1.165) is 11.4 Å². The zero-order chi connectivity index (χ0) is 10.6. The molecule has 0 aromatic carbocycles. The summed E-state index contributed by atoms with van der Waals surface area (Å²) in [5.41, 5.74) is 4.07. The van der Waals surface area contributed by atoms with E-state index in [1.54, 1.807) is 13.3 Å². The Bertz CT molecular complexity index is 354. The third kappa shape index (κ3) is 3.63. The van der Waals surface area contributed by atoms with Gasteiger partial charge in [-0.25, -0.2) is 4.98 Å². The van der Waals surface area contributed by atoms with Crippen molar-refractivity contribution in [2.24, 2.45) is 0 Å². The van der Waals surface area contributed by atoms with E-state index in [1.807, 2.05) is 12.1 Å². The summed E-state index contributed by atoms with van der Waals surface area (Å²) in [5.74, 6) is 3.85. The predicted octanol–water partition coefficient (Wildman–Crippen LogP) is 2.32. The highest BCUT2D eigenvalue weighted by atomic mass is 28.3. The molecule has 0 bridgehead atoms. The Morgan fingerprint density at radius 1 is 1.29 bits per heavy atom. The molecule has 1 aromatic heterocycles. The predicted molar refractivity (Wildman–Crippen MR) is 61.0 cm³/mol. The van der Waals surface area contributed by atoms with Crippen LogP contribution < -0.4 is 4.74 Å². The van der Waals surface area contributed by atoms with E-state index in [2.05, 4.69) is 36.1 Å². The smallest absolute Gasteiger partial charge is 0.137 e. The second kappa shape index (κ2) is 4.29. The normalized spacial score (nSPS) is 10.3. The van der Waals surface area contributed by atoms with Crippen molar-refractivity contribution in [1.29, 1.82) is 0 Å². The van der Waals surface area contributed by atoms with Crippen LogP contribution in [-0.2, 0) is 0 Å². The minimum atomic E-state index is -1.29. The first kappa shape index (κ1) is 10.8. The SMILES string of the molecule is COc1ccc(C#C[Si](C)(C)C)nc1. The van der Waals surface area contributed by atoms with Crippen LogP contribution in [0.2, 0.25) is 19.6 Å². The van der Waals surface area contributed by atoms with Gasteiger partial charge in [0.2, 0.25) is 0 Å². The number of methoxy groups -OCH3 is 1. The van der Waals surface area contributed by atoms with Gasteiger partial charge >= 0.3 is 0 Å². The standard InChI is InChI=1S/C11H15NOSi/c1-13-11-6-5-10(12-9-11)7-8-14(2,3)4/h5-6,9H,1-4H3. The van der Waals surface area contributed by atoms with Crippen LogP contribution in [0.3, 0.4) is 0 Å². The number of pyridine rings is 1. The molecule has 0 aliphatic rings. The van der Waals surface area contributed by atoms with Gasteiger partial charge in [-0.3, -0.25) is 0 Å². The zero-order valence-corrected chi connectivity index (χ0v) is 10.1. The molecule has 0 saturated heterocycles. The lowest BCUT2D eigenvalue weighted by Crippen LogP contribution is -2.16. The number of aromatic nitrogens is 1. The Hall–Kier alpha value is -1.27. The third-order valence-electron chi connectivity index (χ3n) is 1.54. The van der Waals surface area contributed by atoms with Gasteiger partial charge in [0.05, 0.1) is 13.3 Å². The lowest BCUT2D eigenvalue weighted by molar-refractivity contribution is 0.413. The van der Waals surface area contributed by atoms with Gasteiger partial charge in [0.1, 0.15) is 19.5 Å². The molecule has 14 heavy (non-hydrogen) atoms. The van der Waals surface area contributed by atoms with Gasteiger partial charge < -0.3 is 4.74 Å². The van der Waals surface area contributed by atoms with E-state index in [1.165, 1.54) is 0 Å². The van der Waals surface area contributed by atoms with Crippen molar-refractivity contribution in [3.63, 3.8) is 0 Å². The van der Waals surface area contributed by atoms with E-state index < -0.39 is 8.07 Å². The van der Waals surface area contributed by atoms with Gasteiger partial charge in [-0.1, -0.05) is 25.6 Å². The maximum absolute atomic E-state index is 5.01. The molecule has 3 heteroatoms. The molecule has 0 unspecified atom stereocenters. The molecule has 1 aromatic rings. The summed E-state index contributed by atoms with van der Waals surface area (Å²) >= 11 is 0. The maximum Gasteiger partial charge on any atom is 0.137 e. The Morgan fingerprint density at radius 2 is 2.00 bits per heavy atom. The average Bonchev–Trinajstić information content (AvgIpc) is 2.14. The van der Waals surface area contributed by atoms with Crippen LogP contribution in [0.5, 0.6) is 5.75 Å². The van der Waals surface area contributed by atoms with Crippen molar-refractivity contribution < 1.29 is 4.74 Å². The molecule has 0 radical (unpaired) electrons. The quantitative estimate of drug-likeness (QED) is 0.518. The van der Waals surface area contributed by atoms with Gasteiger partial charge in [0.25, 0.3) is 0 Å². The maximum atomic E-state index is 5.01. The molecule has 0 atom stereocenters. The molecule has 0 amide bonds. The van der Waals surface area contributed by atoms with Crippen molar-refractivity contribution in [3.05, 3.63) is 24.0 Å². The summed E-state index contributed by atoms with van der Waals surface area (Å²) < 4.78 is 5.01. The van der Waals surface area contributed by atoms with Crippen molar-refractivity contribution in [3.8, 4) is 17.2 Å². The molecule has 0 aliphatic carbocycles. The first-order valence-electron chi connectivity index (χ1n) is 4.54. The fourth-order valence-corrected chi connectivity index (χ4v) is 1.33. The van der Waals surface area contributed by atoms with E-state index >= 15 is 0 Å². The number of hydrogen-bond acceptors (Lipinski definition) is 2. The molecule has 0 spiro atoms. The summed E-state index contributed by atoms with van der Waals surface area (Å²) in [4.78, 5) is 4.18. The van der Waals surface area contributed by atoms with Gasteiger partial charge in [-0.05, 0) is 12.1 Å². The fraction of sp³-hybridized carbons (Fsp3) is 0.364. The summed E-state index contributed by atoms with van der Waals surface area (Å²) in [7, 11) is 0.335. The molecule has 2 nitrogen and oxygen atoms in total. The molecule has 0 aliphatic heterocycles. The topological polar surface area (TPSA) is 22.1 Å². The van der Waals surface area contributed by atoms with Gasteiger partial charge in [-0.2, -0.15) is 0 Å². The van der Waals surface area contributed by atoms with Gasteiger partial charge in [0.15, 0.2) is 0 Å². The first-order valence-corrected chi connectivity index (χ1v) is 8.04. The van der Waals surface area contributed by atoms with Gasteiger partial charge in [-0.15, -0.1) is 5.54 Å². The number of ether oxygens (including phenoxy) is 1. The monoisotopic (exact) mass is 205 g/mol. The molecule has 1 rings (SSSR count). The summed E-state index contributed by atoms with van der Waals surface area (Å²) in [6, 6.07) is 3.76. The second-order valence-electron chi connectivity index (χ2n) is 4.08. The Labute approximate surface area is 86.3 Å². The lowest BCUT2D eigenvalue weighted by Gasteiger charge is -2.03. The number of rotatable bonds is 1. The molecule has 0 N–H and O–H groups in total. The van der Waals surface area contributed by atoms with Crippen molar-refractivity contribution >= 4 is 8.07 Å². The summed E-state index contributed by atoms with van der Waals surface area (Å²) in [5, 5.41) is 0. The number of nitrogens with zero attached hydrogens (tertiary/aromatic N) is 1. The minimum Gasteiger partial charge on any atom is -0.495 e. The van der Waals surface area contributed by atoms with Crippen LogP contribution in [0.1, 0.15) is 5.69 Å². The van der Waals surface area contributed by atoms with E-state index in [4.69, 9.17) is 4.74 Å². The van der Waals surface area contributed by atoms with Crippen molar-refractivity contribution in [2.75, 3.05) is 7.11 Å². The van der Waals surface area contributed by atoms with Crippen LogP contribution in [0.4, 0.5) is 0 Å². The van der Waals surface area contributed by atoms with E-state index in [0.29, 0.717) is 0 Å². The third-order valence-corrected chi connectivity index (χ3v) is 2.41. The number of hydrogen-bond donors (Lipinski definition) is 0. The van der Waals surface area contributed by atoms with Crippen LogP contribution >= 0.6 is 0 Å². The summed E-state index contributed by atoms with van der Waals surface area (Å²) in [6.07, 6.45) is 1.69. The summed E-state index contributed by atoms with van der Waals surface area (Å²) in [6.45, 7) is 6.64. The highest BCUT2D eigenvalue weighted by Gasteiger charge is 2.07. The molecule has 0 fully saturated rings. The molecular weight excluding hydrogens is 190 g/mol. The highest BCUT2D eigenvalue weighted by Crippen LogP contribution is 2.07. The van der Waals surface area contributed by atoms with Crippen LogP contribution in [-0.4, -0.2) is 20.2 Å². The Balaban J connectivity index is 2.82. The molecule has 0 saturated carbocycles. The van der Waals surface area contributed by atoms with Crippen LogP contribution in [0, 0.1) is 11.5 Å². The fourth-order valence-electron chi connectivity index (χ4n) is 0.827. The largest absolute Gasteiger partial charge is 0.495 e. The van der Waals surface area contributed by atoms with E-state index in [9.17, 15) is 0 Å². The molecular formula is C11H15NOSi. The lowest BCUT2D eigenvalue weighted by atomic mass is 10.3. The van der Waals surface area contributed by atoms with Gasteiger partial charge in [0, 0.05) is 0 Å². The second-order valence-corrected chi connectivity index (χ2v) is 8.83. The average molecular weight is 205 g/mol. The Morgan fingerprint density at radius 3 is 2.43 bits per heavy atom. The van der Waals surface area contributed by atoms with Crippen molar-refractivity contribution in [1.82, 2.24) is 4.98 Å². The van der Waals surface area contributed by atoms with Crippen LogP contribution in [0.25, 0.3) is 0 Å².